The van der Waals surface area contributed by atoms with Gasteiger partial charge in [0.1, 0.15) is 0 Å². The van der Waals surface area contributed by atoms with E-state index in [9.17, 15) is 9.90 Å². The Bertz CT molecular complexity index is 634. The molecule has 104 valence electrons. The normalized spacial score (nSPS) is 20.3. The first-order chi connectivity index (χ1) is 9.66. The van der Waals surface area contributed by atoms with Crippen LogP contribution in [0.1, 0.15) is 23.7 Å². The first-order valence-electron chi connectivity index (χ1n) is 6.98. The number of hydrogen-bond acceptors (Lipinski definition) is 3. The van der Waals surface area contributed by atoms with Crippen molar-refractivity contribution < 1.29 is 9.90 Å². The molecule has 2 unspecified atom stereocenters. The molecular formula is C16H18N2O2. The average molecular weight is 270 g/mol. The number of aliphatic hydroxyl groups excluding tert-OH is 1. The molecule has 1 N–H and O–H groups in total. The molecule has 2 aromatic rings. The van der Waals surface area contributed by atoms with Crippen molar-refractivity contribution >= 4 is 16.8 Å². The maximum atomic E-state index is 12.6. The number of carbonyl (C=O) groups is 1. The zero-order valence-electron chi connectivity index (χ0n) is 11.5. The Morgan fingerprint density at radius 1 is 1.40 bits per heavy atom. The highest BCUT2D eigenvalue weighted by molar-refractivity contribution is 6.06. The van der Waals surface area contributed by atoms with Crippen LogP contribution in [0.4, 0.5) is 0 Å². The lowest BCUT2D eigenvalue weighted by Crippen LogP contribution is -2.30. The van der Waals surface area contributed by atoms with Crippen molar-refractivity contribution in [2.45, 2.75) is 19.4 Å². The van der Waals surface area contributed by atoms with Crippen molar-refractivity contribution in [3.8, 4) is 0 Å². The number of likely N-dealkylation sites (tertiary alicyclic amines) is 1. The van der Waals surface area contributed by atoms with Gasteiger partial charge in [-0.2, -0.15) is 0 Å². The van der Waals surface area contributed by atoms with Crippen molar-refractivity contribution in [3.63, 3.8) is 0 Å². The maximum Gasteiger partial charge on any atom is 0.254 e. The molecule has 1 fully saturated rings. The monoisotopic (exact) mass is 270 g/mol. The van der Waals surface area contributed by atoms with Crippen LogP contribution in [0.25, 0.3) is 10.9 Å². The van der Waals surface area contributed by atoms with Crippen LogP contribution in [-0.2, 0) is 0 Å². The SMILES string of the molecule is CC(O)C1CCN(C(=O)c2cccc3ncccc23)C1. The molecule has 0 bridgehead atoms. The molecule has 0 saturated carbocycles. The zero-order valence-corrected chi connectivity index (χ0v) is 11.5. The summed E-state index contributed by atoms with van der Waals surface area (Å²) in [6, 6.07) is 9.40. The molecule has 2 atom stereocenters. The average Bonchev–Trinajstić information content (AvgIpc) is 2.96. The summed E-state index contributed by atoms with van der Waals surface area (Å²) in [6.45, 7) is 3.14. The highest BCUT2D eigenvalue weighted by atomic mass is 16.3. The third kappa shape index (κ3) is 2.27. The van der Waals surface area contributed by atoms with Gasteiger partial charge in [0.25, 0.3) is 5.91 Å². The van der Waals surface area contributed by atoms with Crippen LogP contribution >= 0.6 is 0 Å². The molecular weight excluding hydrogens is 252 g/mol. The van der Waals surface area contributed by atoms with Crippen LogP contribution < -0.4 is 0 Å². The van der Waals surface area contributed by atoms with Crippen molar-refractivity contribution in [1.82, 2.24) is 9.88 Å². The van der Waals surface area contributed by atoms with E-state index in [1.165, 1.54) is 0 Å². The zero-order chi connectivity index (χ0) is 14.1. The minimum atomic E-state index is -0.359. The second kappa shape index (κ2) is 5.21. The summed E-state index contributed by atoms with van der Waals surface area (Å²) in [7, 11) is 0. The summed E-state index contributed by atoms with van der Waals surface area (Å²) in [5.74, 6) is 0.221. The summed E-state index contributed by atoms with van der Waals surface area (Å²) in [4.78, 5) is 18.8. The third-order valence-corrected chi connectivity index (χ3v) is 4.07. The molecule has 4 heteroatoms. The fraction of sp³-hybridized carbons (Fsp3) is 0.375. The highest BCUT2D eigenvalue weighted by Crippen LogP contribution is 2.24. The Kier molecular flexibility index (Phi) is 3.40. The van der Waals surface area contributed by atoms with Gasteiger partial charge in [0, 0.05) is 36.2 Å². The van der Waals surface area contributed by atoms with E-state index in [4.69, 9.17) is 0 Å². The summed E-state index contributed by atoms with van der Waals surface area (Å²) in [6.07, 6.45) is 2.24. The fourth-order valence-corrected chi connectivity index (χ4v) is 2.83. The lowest BCUT2D eigenvalue weighted by molar-refractivity contribution is 0.0764. The lowest BCUT2D eigenvalue weighted by atomic mass is 10.0. The summed E-state index contributed by atoms with van der Waals surface area (Å²) < 4.78 is 0. The Hall–Kier alpha value is -1.94. The van der Waals surface area contributed by atoms with Crippen molar-refractivity contribution in [1.29, 1.82) is 0 Å². The molecule has 1 aromatic heterocycles. The number of fused-ring (bicyclic) bond motifs is 1. The Morgan fingerprint density at radius 3 is 3.00 bits per heavy atom. The number of rotatable bonds is 2. The minimum absolute atomic E-state index is 0.0340. The van der Waals surface area contributed by atoms with Crippen LogP contribution in [0.3, 0.4) is 0 Å². The van der Waals surface area contributed by atoms with Crippen LogP contribution in [-0.4, -0.2) is 40.1 Å². The Morgan fingerprint density at radius 2 is 2.25 bits per heavy atom. The van der Waals surface area contributed by atoms with Crippen molar-refractivity contribution in [2.75, 3.05) is 13.1 Å². The number of carbonyl (C=O) groups excluding carboxylic acids is 1. The molecule has 1 aliphatic rings. The van der Waals surface area contributed by atoms with Crippen LogP contribution in [0.5, 0.6) is 0 Å². The number of benzene rings is 1. The molecule has 0 radical (unpaired) electrons. The molecule has 1 aliphatic heterocycles. The molecule has 0 aliphatic carbocycles. The topological polar surface area (TPSA) is 53.4 Å². The van der Waals surface area contributed by atoms with E-state index < -0.39 is 0 Å². The van der Waals surface area contributed by atoms with E-state index >= 15 is 0 Å². The molecule has 2 heterocycles. The predicted molar refractivity (Wildman–Crippen MR) is 77.4 cm³/mol. The van der Waals surface area contributed by atoms with Gasteiger partial charge in [-0.1, -0.05) is 12.1 Å². The second-order valence-corrected chi connectivity index (χ2v) is 5.42. The standard InChI is InChI=1S/C16H18N2O2/c1-11(19)12-7-9-18(10-12)16(20)14-4-2-6-15-13(14)5-3-8-17-15/h2-6,8,11-12,19H,7,9-10H2,1H3. The maximum absolute atomic E-state index is 12.6. The quantitative estimate of drug-likeness (QED) is 0.909. The van der Waals surface area contributed by atoms with Gasteiger partial charge in [0.05, 0.1) is 11.6 Å². The Balaban J connectivity index is 1.90. The molecule has 1 saturated heterocycles. The van der Waals surface area contributed by atoms with Gasteiger partial charge >= 0.3 is 0 Å². The molecule has 1 aromatic carbocycles. The van der Waals surface area contributed by atoms with Gasteiger partial charge in [-0.25, -0.2) is 0 Å². The smallest absolute Gasteiger partial charge is 0.254 e. The van der Waals surface area contributed by atoms with Crippen molar-refractivity contribution in [2.24, 2.45) is 5.92 Å². The van der Waals surface area contributed by atoms with Crippen LogP contribution in [0, 0.1) is 5.92 Å². The van der Waals surface area contributed by atoms with Gasteiger partial charge in [0.15, 0.2) is 0 Å². The minimum Gasteiger partial charge on any atom is -0.393 e. The molecule has 1 amide bonds. The number of amides is 1. The molecule has 4 nitrogen and oxygen atoms in total. The molecule has 3 rings (SSSR count). The lowest BCUT2D eigenvalue weighted by Gasteiger charge is -2.18. The van der Waals surface area contributed by atoms with Crippen LogP contribution in [0.2, 0.25) is 0 Å². The van der Waals surface area contributed by atoms with E-state index in [1.807, 2.05) is 35.2 Å². The first kappa shape index (κ1) is 13.1. The van der Waals surface area contributed by atoms with E-state index in [-0.39, 0.29) is 17.9 Å². The van der Waals surface area contributed by atoms with Gasteiger partial charge in [-0.15, -0.1) is 0 Å². The van der Waals surface area contributed by atoms with E-state index in [2.05, 4.69) is 4.98 Å². The first-order valence-corrected chi connectivity index (χ1v) is 6.98. The van der Waals surface area contributed by atoms with Crippen LogP contribution in [0.15, 0.2) is 36.5 Å². The number of nitrogens with zero attached hydrogens (tertiary/aromatic N) is 2. The summed E-state index contributed by atoms with van der Waals surface area (Å²) in [5, 5.41) is 10.5. The number of hydrogen-bond donors (Lipinski definition) is 1. The van der Waals surface area contributed by atoms with Gasteiger partial charge in [-0.05, 0) is 31.5 Å². The summed E-state index contributed by atoms with van der Waals surface area (Å²) in [5.41, 5.74) is 1.53. The molecule has 0 spiro atoms. The van der Waals surface area contributed by atoms with Gasteiger partial charge in [-0.3, -0.25) is 9.78 Å². The van der Waals surface area contributed by atoms with E-state index in [0.29, 0.717) is 18.7 Å². The predicted octanol–water partition coefficient (Wildman–Crippen LogP) is 2.08. The number of aromatic nitrogens is 1. The Labute approximate surface area is 118 Å². The third-order valence-electron chi connectivity index (χ3n) is 4.07. The summed E-state index contributed by atoms with van der Waals surface area (Å²) >= 11 is 0. The highest BCUT2D eigenvalue weighted by Gasteiger charge is 2.30. The van der Waals surface area contributed by atoms with Gasteiger partial charge in [0.2, 0.25) is 0 Å². The second-order valence-electron chi connectivity index (χ2n) is 5.42. The number of aliphatic hydroxyl groups is 1. The molecule has 20 heavy (non-hydrogen) atoms. The largest absolute Gasteiger partial charge is 0.393 e. The van der Waals surface area contributed by atoms with E-state index in [0.717, 1.165) is 17.3 Å². The number of pyridine rings is 1. The fourth-order valence-electron chi connectivity index (χ4n) is 2.83. The van der Waals surface area contributed by atoms with Gasteiger partial charge < -0.3 is 10.0 Å². The van der Waals surface area contributed by atoms with E-state index in [1.54, 1.807) is 13.1 Å². The van der Waals surface area contributed by atoms with Crippen molar-refractivity contribution in [3.05, 3.63) is 42.1 Å².